The van der Waals surface area contributed by atoms with E-state index in [4.69, 9.17) is 9.47 Å². The van der Waals surface area contributed by atoms with Crippen molar-refractivity contribution in [2.24, 2.45) is 0 Å². The van der Waals surface area contributed by atoms with Crippen LogP contribution in [0.1, 0.15) is 12.5 Å². The molecule has 8 heteroatoms. The van der Waals surface area contributed by atoms with Crippen LogP contribution in [0.25, 0.3) is 10.2 Å². The van der Waals surface area contributed by atoms with Gasteiger partial charge in [-0.3, -0.25) is 4.79 Å². The van der Waals surface area contributed by atoms with Gasteiger partial charge in [0, 0.05) is 12.7 Å². The number of ether oxygens (including phenoxy) is 2. The number of carbonyl (C=O) groups is 1. The lowest BCUT2D eigenvalue weighted by Gasteiger charge is -2.11. The highest BCUT2D eigenvalue weighted by Gasteiger charge is 2.14. The largest absolute Gasteiger partial charge is 0.493 e. The van der Waals surface area contributed by atoms with E-state index >= 15 is 0 Å². The third kappa shape index (κ3) is 3.48. The Morgan fingerprint density at radius 3 is 2.88 bits per heavy atom. The van der Waals surface area contributed by atoms with E-state index in [1.165, 1.54) is 0 Å². The van der Waals surface area contributed by atoms with Crippen molar-refractivity contribution >= 4 is 27.8 Å². The molecule has 0 aliphatic carbocycles. The molecule has 0 spiro atoms. The Hall–Kier alpha value is -2.87. The summed E-state index contributed by atoms with van der Waals surface area (Å²) in [6.45, 7) is 2.66. The van der Waals surface area contributed by atoms with Crippen molar-refractivity contribution < 1.29 is 14.3 Å². The van der Waals surface area contributed by atoms with Gasteiger partial charge in [-0.25, -0.2) is 9.78 Å². The summed E-state index contributed by atoms with van der Waals surface area (Å²) < 4.78 is 11.8. The lowest BCUT2D eigenvalue weighted by Crippen LogP contribution is -2.32. The van der Waals surface area contributed by atoms with Gasteiger partial charge in [0.05, 0.1) is 19.1 Å². The van der Waals surface area contributed by atoms with E-state index in [1.807, 2.05) is 13.0 Å². The SMILES string of the molecule is CCOc1cc(CNC(=O)n2sc3ncccc3c2=O)ccc1OC. The predicted molar refractivity (Wildman–Crippen MR) is 95.7 cm³/mol. The van der Waals surface area contributed by atoms with Crippen LogP contribution >= 0.6 is 11.5 Å². The molecule has 3 rings (SSSR count). The summed E-state index contributed by atoms with van der Waals surface area (Å²) in [4.78, 5) is 29.2. The number of fused-ring (bicyclic) bond motifs is 1. The Bertz CT molecular complexity index is 964. The molecule has 0 aliphatic rings. The van der Waals surface area contributed by atoms with Gasteiger partial charge in [0.2, 0.25) is 0 Å². The van der Waals surface area contributed by atoms with Crippen molar-refractivity contribution in [1.29, 1.82) is 0 Å². The second kappa shape index (κ2) is 7.35. The number of hydrogen-bond acceptors (Lipinski definition) is 6. The van der Waals surface area contributed by atoms with Crippen LogP contribution in [0.2, 0.25) is 0 Å². The first kappa shape index (κ1) is 17.0. The zero-order chi connectivity index (χ0) is 17.8. The summed E-state index contributed by atoms with van der Waals surface area (Å²) in [6, 6.07) is 8.26. The maximum atomic E-state index is 12.3. The minimum atomic E-state index is -0.484. The van der Waals surface area contributed by atoms with Gasteiger partial charge in [-0.1, -0.05) is 6.07 Å². The van der Waals surface area contributed by atoms with Gasteiger partial charge in [0.25, 0.3) is 5.56 Å². The maximum Gasteiger partial charge on any atom is 0.338 e. The van der Waals surface area contributed by atoms with Gasteiger partial charge in [0.1, 0.15) is 4.83 Å². The van der Waals surface area contributed by atoms with E-state index in [0.29, 0.717) is 28.3 Å². The maximum absolute atomic E-state index is 12.3. The van der Waals surface area contributed by atoms with Gasteiger partial charge in [-0.2, -0.15) is 3.96 Å². The Morgan fingerprint density at radius 2 is 2.16 bits per heavy atom. The average Bonchev–Trinajstić information content (AvgIpc) is 2.97. The number of methoxy groups -OCH3 is 1. The van der Waals surface area contributed by atoms with Crippen molar-refractivity contribution in [2.75, 3.05) is 13.7 Å². The quantitative estimate of drug-likeness (QED) is 0.757. The molecule has 0 radical (unpaired) electrons. The number of nitrogens with zero attached hydrogens (tertiary/aromatic N) is 2. The van der Waals surface area contributed by atoms with Gasteiger partial charge >= 0.3 is 6.03 Å². The van der Waals surface area contributed by atoms with Gasteiger partial charge < -0.3 is 14.8 Å². The minimum absolute atomic E-state index is 0.261. The van der Waals surface area contributed by atoms with E-state index in [0.717, 1.165) is 21.1 Å². The fourth-order valence-corrected chi connectivity index (χ4v) is 3.21. The number of benzene rings is 1. The molecule has 0 atom stereocenters. The lowest BCUT2D eigenvalue weighted by molar-refractivity contribution is 0.243. The van der Waals surface area contributed by atoms with E-state index in [-0.39, 0.29) is 12.1 Å². The molecule has 1 aromatic carbocycles. The summed E-state index contributed by atoms with van der Waals surface area (Å²) in [7, 11) is 1.57. The summed E-state index contributed by atoms with van der Waals surface area (Å²) >= 11 is 1.02. The van der Waals surface area contributed by atoms with E-state index in [9.17, 15) is 9.59 Å². The normalized spacial score (nSPS) is 10.6. The summed E-state index contributed by atoms with van der Waals surface area (Å²) in [5.41, 5.74) is 0.472. The topological polar surface area (TPSA) is 82.5 Å². The Balaban J connectivity index is 1.76. The minimum Gasteiger partial charge on any atom is -0.493 e. The number of hydrogen-bond donors (Lipinski definition) is 1. The molecule has 0 saturated carbocycles. The third-order valence-electron chi connectivity index (χ3n) is 3.52. The Labute approximate surface area is 148 Å². The number of aromatic nitrogens is 2. The summed E-state index contributed by atoms with van der Waals surface area (Å²) in [5, 5.41) is 3.17. The van der Waals surface area contributed by atoms with Crippen molar-refractivity contribution in [3.8, 4) is 11.5 Å². The smallest absolute Gasteiger partial charge is 0.338 e. The second-order valence-electron chi connectivity index (χ2n) is 5.12. The van der Waals surface area contributed by atoms with E-state index in [2.05, 4.69) is 10.3 Å². The predicted octanol–water partition coefficient (Wildman–Crippen LogP) is 2.62. The molecule has 1 N–H and O–H groups in total. The Kier molecular flexibility index (Phi) is 4.99. The molecule has 2 heterocycles. The first-order valence-corrected chi connectivity index (χ1v) is 8.46. The monoisotopic (exact) mass is 359 g/mol. The molecule has 0 saturated heterocycles. The molecule has 0 bridgehead atoms. The van der Waals surface area contributed by atoms with E-state index < -0.39 is 6.03 Å². The molecular weight excluding hydrogens is 342 g/mol. The zero-order valence-electron chi connectivity index (χ0n) is 13.8. The van der Waals surface area contributed by atoms with Crippen LogP contribution < -0.4 is 20.3 Å². The van der Waals surface area contributed by atoms with Crippen LogP contribution in [-0.4, -0.2) is 28.7 Å². The van der Waals surface area contributed by atoms with E-state index in [1.54, 1.807) is 37.6 Å². The summed E-state index contributed by atoms with van der Waals surface area (Å²) in [5.74, 6) is 1.24. The third-order valence-corrected chi connectivity index (χ3v) is 4.53. The molecule has 0 aliphatic heterocycles. The number of pyridine rings is 1. The first-order valence-electron chi connectivity index (χ1n) is 7.69. The fraction of sp³-hybridized carbons (Fsp3) is 0.235. The average molecular weight is 359 g/mol. The molecule has 0 fully saturated rings. The molecule has 1 amide bonds. The molecule has 25 heavy (non-hydrogen) atoms. The molecule has 0 unspecified atom stereocenters. The van der Waals surface area contributed by atoms with Gasteiger partial charge in [-0.05, 0) is 48.3 Å². The number of nitrogens with one attached hydrogen (secondary N) is 1. The van der Waals surface area contributed by atoms with Crippen LogP contribution in [-0.2, 0) is 6.54 Å². The van der Waals surface area contributed by atoms with Gasteiger partial charge in [-0.15, -0.1) is 0 Å². The molecule has 130 valence electrons. The molecule has 7 nitrogen and oxygen atoms in total. The van der Waals surface area contributed by atoms with Crippen molar-refractivity contribution in [2.45, 2.75) is 13.5 Å². The molecular formula is C17H17N3O4S. The zero-order valence-corrected chi connectivity index (χ0v) is 14.6. The molecule has 2 aromatic heterocycles. The number of amides is 1. The van der Waals surface area contributed by atoms with Crippen LogP contribution in [0, 0.1) is 0 Å². The second-order valence-corrected chi connectivity index (χ2v) is 6.06. The highest BCUT2D eigenvalue weighted by molar-refractivity contribution is 7.14. The van der Waals surface area contributed by atoms with Crippen LogP contribution in [0.15, 0.2) is 41.3 Å². The highest BCUT2D eigenvalue weighted by atomic mass is 32.1. The first-order chi connectivity index (χ1) is 12.1. The van der Waals surface area contributed by atoms with Crippen LogP contribution in [0.4, 0.5) is 4.79 Å². The van der Waals surface area contributed by atoms with Crippen molar-refractivity contribution in [3.63, 3.8) is 0 Å². The van der Waals surface area contributed by atoms with Crippen LogP contribution in [0.5, 0.6) is 11.5 Å². The standard InChI is InChI=1S/C17H17N3O4S/c1-3-24-14-9-11(6-7-13(14)23-2)10-19-17(22)20-16(21)12-5-4-8-18-15(12)25-20/h4-9H,3,10H2,1-2H3,(H,19,22). The van der Waals surface area contributed by atoms with Gasteiger partial charge in [0.15, 0.2) is 11.5 Å². The fourth-order valence-electron chi connectivity index (χ4n) is 2.35. The van der Waals surface area contributed by atoms with Crippen molar-refractivity contribution in [1.82, 2.24) is 14.3 Å². The van der Waals surface area contributed by atoms with Crippen molar-refractivity contribution in [3.05, 3.63) is 52.4 Å². The van der Waals surface area contributed by atoms with Crippen LogP contribution in [0.3, 0.4) is 0 Å². The lowest BCUT2D eigenvalue weighted by atomic mass is 10.2. The highest BCUT2D eigenvalue weighted by Crippen LogP contribution is 2.28. The molecule has 3 aromatic rings. The Morgan fingerprint density at radius 1 is 1.32 bits per heavy atom. The number of carbonyl (C=O) groups excluding carboxylic acids is 1. The summed E-state index contributed by atoms with van der Waals surface area (Å²) in [6.07, 6.45) is 1.59. The number of rotatable bonds is 5.